The molecule has 2 heterocycles. The Hall–Kier alpha value is -1.58. The summed E-state index contributed by atoms with van der Waals surface area (Å²) >= 11 is 0. The number of nitrogens with zero attached hydrogens (tertiary/aromatic N) is 3. The van der Waals surface area contributed by atoms with Crippen molar-refractivity contribution in [1.82, 2.24) is 14.8 Å². The van der Waals surface area contributed by atoms with Crippen LogP contribution < -0.4 is 5.32 Å². The van der Waals surface area contributed by atoms with Crippen LogP contribution in [0.1, 0.15) is 12.8 Å². The quantitative estimate of drug-likeness (QED) is 0.825. The molecule has 2 aromatic heterocycles. The molecule has 0 saturated heterocycles. The molecule has 3 rings (SSSR count). The Kier molecular flexibility index (Phi) is 1.87. The Labute approximate surface area is 88.3 Å². The fraction of sp³-hybridized carbons (Fsp3) is 0.455. The molecule has 0 aliphatic heterocycles. The first kappa shape index (κ1) is 8.71. The van der Waals surface area contributed by atoms with Gasteiger partial charge in [0.25, 0.3) is 0 Å². The lowest BCUT2D eigenvalue weighted by Gasteiger charge is -1.99. The standard InChI is InChI=1S/C11H14N4/c1-15-9-3-2-6-12-10(9)11(14-15)13-7-8-4-5-8/h2-3,6,8H,4-5,7H2,1H3,(H,13,14). The maximum atomic E-state index is 4.43. The van der Waals surface area contributed by atoms with Crippen LogP contribution in [0, 0.1) is 5.92 Å². The van der Waals surface area contributed by atoms with E-state index in [9.17, 15) is 0 Å². The fourth-order valence-electron chi connectivity index (χ4n) is 1.77. The average Bonchev–Trinajstić information content (AvgIpc) is 3.03. The number of fused-ring (bicyclic) bond motifs is 1. The van der Waals surface area contributed by atoms with Gasteiger partial charge in [0.05, 0.1) is 5.52 Å². The minimum absolute atomic E-state index is 0.853. The van der Waals surface area contributed by atoms with Crippen molar-refractivity contribution in [2.75, 3.05) is 11.9 Å². The van der Waals surface area contributed by atoms with Crippen molar-refractivity contribution in [2.24, 2.45) is 13.0 Å². The van der Waals surface area contributed by atoms with Gasteiger partial charge in [-0.25, -0.2) is 0 Å². The van der Waals surface area contributed by atoms with Crippen LogP contribution in [0.25, 0.3) is 11.0 Å². The zero-order chi connectivity index (χ0) is 10.3. The number of hydrogen-bond donors (Lipinski definition) is 1. The second-order valence-corrected chi connectivity index (χ2v) is 4.17. The number of nitrogens with one attached hydrogen (secondary N) is 1. The molecule has 1 N–H and O–H groups in total. The topological polar surface area (TPSA) is 42.7 Å². The van der Waals surface area contributed by atoms with Crippen molar-refractivity contribution in [3.8, 4) is 0 Å². The summed E-state index contributed by atoms with van der Waals surface area (Å²) < 4.78 is 1.87. The molecule has 2 aromatic rings. The van der Waals surface area contributed by atoms with Crippen molar-refractivity contribution >= 4 is 16.9 Å². The normalized spacial score (nSPS) is 15.8. The molecule has 1 aliphatic rings. The van der Waals surface area contributed by atoms with Gasteiger partial charge in [0.15, 0.2) is 5.82 Å². The SMILES string of the molecule is Cn1nc(NCC2CC2)c2ncccc21. The molecular weight excluding hydrogens is 188 g/mol. The molecule has 15 heavy (non-hydrogen) atoms. The molecule has 78 valence electrons. The highest BCUT2D eigenvalue weighted by molar-refractivity contribution is 5.85. The summed E-state index contributed by atoms with van der Waals surface area (Å²) in [5.41, 5.74) is 2.05. The van der Waals surface area contributed by atoms with E-state index in [0.717, 1.165) is 29.3 Å². The highest BCUT2D eigenvalue weighted by Gasteiger charge is 2.21. The summed E-state index contributed by atoms with van der Waals surface area (Å²) in [6, 6.07) is 3.98. The monoisotopic (exact) mass is 202 g/mol. The van der Waals surface area contributed by atoms with Crippen LogP contribution in [-0.4, -0.2) is 21.3 Å². The Morgan fingerprint density at radius 1 is 1.53 bits per heavy atom. The first-order chi connectivity index (χ1) is 7.34. The van der Waals surface area contributed by atoms with Gasteiger partial charge < -0.3 is 5.32 Å². The number of rotatable bonds is 3. The number of aryl methyl sites for hydroxylation is 1. The third-order valence-electron chi connectivity index (χ3n) is 2.86. The van der Waals surface area contributed by atoms with Gasteiger partial charge in [0.1, 0.15) is 5.52 Å². The van der Waals surface area contributed by atoms with E-state index < -0.39 is 0 Å². The summed E-state index contributed by atoms with van der Waals surface area (Å²) in [6.07, 6.45) is 4.52. The van der Waals surface area contributed by atoms with Crippen LogP contribution in [-0.2, 0) is 7.05 Å². The average molecular weight is 202 g/mol. The molecule has 0 unspecified atom stereocenters. The van der Waals surface area contributed by atoms with Crippen molar-refractivity contribution in [1.29, 1.82) is 0 Å². The number of hydrogen-bond acceptors (Lipinski definition) is 3. The second-order valence-electron chi connectivity index (χ2n) is 4.17. The molecule has 0 amide bonds. The van der Waals surface area contributed by atoms with Gasteiger partial charge in [-0.3, -0.25) is 9.67 Å². The van der Waals surface area contributed by atoms with Gasteiger partial charge in [-0.05, 0) is 30.9 Å². The lowest BCUT2D eigenvalue weighted by atomic mass is 10.3. The Bertz CT molecular complexity index is 484. The highest BCUT2D eigenvalue weighted by Crippen LogP contribution is 2.29. The molecular formula is C11H14N4. The maximum absolute atomic E-state index is 4.43. The summed E-state index contributed by atoms with van der Waals surface area (Å²) in [4.78, 5) is 4.35. The van der Waals surface area contributed by atoms with E-state index in [1.54, 1.807) is 0 Å². The van der Waals surface area contributed by atoms with Gasteiger partial charge in [-0.1, -0.05) is 0 Å². The lowest BCUT2D eigenvalue weighted by molar-refractivity contribution is 0.790. The molecule has 0 radical (unpaired) electrons. The molecule has 1 saturated carbocycles. The zero-order valence-corrected chi connectivity index (χ0v) is 8.77. The molecule has 4 nitrogen and oxygen atoms in total. The van der Waals surface area contributed by atoms with Crippen molar-refractivity contribution in [3.05, 3.63) is 18.3 Å². The minimum atomic E-state index is 0.853. The lowest BCUT2D eigenvalue weighted by Crippen LogP contribution is -2.04. The summed E-state index contributed by atoms with van der Waals surface area (Å²) in [5, 5.41) is 7.81. The number of aromatic nitrogens is 3. The summed E-state index contributed by atoms with van der Waals surface area (Å²) in [6.45, 7) is 1.03. The van der Waals surface area contributed by atoms with Crippen molar-refractivity contribution < 1.29 is 0 Å². The van der Waals surface area contributed by atoms with Crippen molar-refractivity contribution in [3.63, 3.8) is 0 Å². The predicted octanol–water partition coefficient (Wildman–Crippen LogP) is 1.79. The van der Waals surface area contributed by atoms with Crippen LogP contribution in [0.4, 0.5) is 5.82 Å². The molecule has 1 aliphatic carbocycles. The van der Waals surface area contributed by atoms with E-state index in [0.29, 0.717) is 0 Å². The van der Waals surface area contributed by atoms with Crippen LogP contribution in [0.2, 0.25) is 0 Å². The van der Waals surface area contributed by atoms with E-state index in [4.69, 9.17) is 0 Å². The van der Waals surface area contributed by atoms with Crippen LogP contribution in [0.3, 0.4) is 0 Å². The minimum Gasteiger partial charge on any atom is -0.367 e. The largest absolute Gasteiger partial charge is 0.367 e. The van der Waals surface area contributed by atoms with E-state index in [2.05, 4.69) is 15.4 Å². The van der Waals surface area contributed by atoms with E-state index >= 15 is 0 Å². The number of pyridine rings is 1. The Balaban J connectivity index is 1.94. The molecule has 0 bridgehead atoms. The van der Waals surface area contributed by atoms with E-state index in [1.165, 1.54) is 12.8 Å². The second kappa shape index (κ2) is 3.22. The zero-order valence-electron chi connectivity index (χ0n) is 8.77. The number of anilines is 1. The molecule has 4 heteroatoms. The molecule has 1 fully saturated rings. The van der Waals surface area contributed by atoms with Crippen LogP contribution >= 0.6 is 0 Å². The van der Waals surface area contributed by atoms with Crippen LogP contribution in [0.15, 0.2) is 18.3 Å². The first-order valence-electron chi connectivity index (χ1n) is 5.36. The van der Waals surface area contributed by atoms with Crippen molar-refractivity contribution in [2.45, 2.75) is 12.8 Å². The first-order valence-corrected chi connectivity index (χ1v) is 5.36. The Morgan fingerprint density at radius 2 is 2.40 bits per heavy atom. The molecule has 0 aromatic carbocycles. The molecule has 0 spiro atoms. The highest BCUT2D eigenvalue weighted by atomic mass is 15.3. The van der Waals surface area contributed by atoms with Crippen LogP contribution in [0.5, 0.6) is 0 Å². The third kappa shape index (κ3) is 1.56. The predicted molar refractivity (Wildman–Crippen MR) is 59.7 cm³/mol. The summed E-state index contributed by atoms with van der Waals surface area (Å²) in [7, 11) is 1.95. The summed E-state index contributed by atoms with van der Waals surface area (Å²) in [5.74, 6) is 1.77. The fourth-order valence-corrected chi connectivity index (χ4v) is 1.77. The van der Waals surface area contributed by atoms with Gasteiger partial charge in [-0.15, -0.1) is 0 Å². The Morgan fingerprint density at radius 3 is 3.20 bits per heavy atom. The maximum Gasteiger partial charge on any atom is 0.174 e. The van der Waals surface area contributed by atoms with Gasteiger partial charge >= 0.3 is 0 Å². The van der Waals surface area contributed by atoms with E-state index in [1.807, 2.05) is 30.1 Å². The van der Waals surface area contributed by atoms with Gasteiger partial charge in [-0.2, -0.15) is 5.10 Å². The molecule has 0 atom stereocenters. The van der Waals surface area contributed by atoms with E-state index in [-0.39, 0.29) is 0 Å². The van der Waals surface area contributed by atoms with Gasteiger partial charge in [0, 0.05) is 19.8 Å². The van der Waals surface area contributed by atoms with Gasteiger partial charge in [0.2, 0.25) is 0 Å². The smallest absolute Gasteiger partial charge is 0.174 e. The third-order valence-corrected chi connectivity index (χ3v) is 2.86.